The summed E-state index contributed by atoms with van der Waals surface area (Å²) in [5, 5.41) is 3.05. The molecule has 0 spiro atoms. The van der Waals surface area contributed by atoms with Gasteiger partial charge in [0, 0.05) is 26.7 Å². The second-order valence-electron chi connectivity index (χ2n) is 5.55. The monoisotopic (exact) mass is 304 g/mol. The molecule has 0 atom stereocenters. The lowest BCUT2D eigenvalue weighted by Gasteiger charge is -2.17. The SMILES string of the molecule is CCC(=O)Nc1c(C(C)C)cnc2c1c(=O)n(C)c(=O)n2C. The van der Waals surface area contributed by atoms with Crippen molar-refractivity contribution in [2.45, 2.75) is 33.1 Å². The van der Waals surface area contributed by atoms with Gasteiger partial charge in [0.2, 0.25) is 5.91 Å². The molecule has 0 saturated carbocycles. The topological polar surface area (TPSA) is 86.0 Å². The van der Waals surface area contributed by atoms with Gasteiger partial charge in [-0.1, -0.05) is 20.8 Å². The number of nitrogens with one attached hydrogen (secondary N) is 1. The number of carbonyl (C=O) groups is 1. The van der Waals surface area contributed by atoms with Crippen molar-refractivity contribution in [1.82, 2.24) is 14.1 Å². The Kier molecular flexibility index (Phi) is 4.16. The number of hydrogen-bond donors (Lipinski definition) is 1. The summed E-state index contributed by atoms with van der Waals surface area (Å²) >= 11 is 0. The van der Waals surface area contributed by atoms with Gasteiger partial charge in [0.1, 0.15) is 5.39 Å². The number of pyridine rings is 1. The van der Waals surface area contributed by atoms with Crippen LogP contribution in [0.5, 0.6) is 0 Å². The Labute approximate surface area is 127 Å². The molecule has 7 nitrogen and oxygen atoms in total. The van der Waals surface area contributed by atoms with E-state index < -0.39 is 11.2 Å². The summed E-state index contributed by atoms with van der Waals surface area (Å²) in [5.41, 5.74) is 0.576. The minimum absolute atomic E-state index is 0.0750. The van der Waals surface area contributed by atoms with Crippen LogP contribution in [0.1, 0.15) is 38.7 Å². The van der Waals surface area contributed by atoms with Crippen LogP contribution < -0.4 is 16.6 Å². The van der Waals surface area contributed by atoms with Gasteiger partial charge in [-0.15, -0.1) is 0 Å². The molecule has 0 fully saturated rings. The van der Waals surface area contributed by atoms with E-state index >= 15 is 0 Å². The number of nitrogens with zero attached hydrogens (tertiary/aromatic N) is 3. The van der Waals surface area contributed by atoms with Gasteiger partial charge in [-0.05, 0) is 11.5 Å². The Morgan fingerprint density at radius 3 is 2.45 bits per heavy atom. The second-order valence-corrected chi connectivity index (χ2v) is 5.55. The normalized spacial score (nSPS) is 11.2. The first-order valence-electron chi connectivity index (χ1n) is 7.18. The average molecular weight is 304 g/mol. The third-order valence-corrected chi connectivity index (χ3v) is 3.71. The molecular weight excluding hydrogens is 284 g/mol. The quantitative estimate of drug-likeness (QED) is 0.920. The number of aryl methyl sites for hydroxylation is 1. The van der Waals surface area contributed by atoms with E-state index in [0.29, 0.717) is 12.1 Å². The summed E-state index contributed by atoms with van der Waals surface area (Å²) in [6.45, 7) is 5.65. The molecule has 0 aliphatic rings. The van der Waals surface area contributed by atoms with E-state index in [2.05, 4.69) is 10.3 Å². The van der Waals surface area contributed by atoms with E-state index in [4.69, 9.17) is 0 Å². The zero-order valence-corrected chi connectivity index (χ0v) is 13.4. The van der Waals surface area contributed by atoms with Crippen LogP contribution in [0.15, 0.2) is 15.8 Å². The highest BCUT2D eigenvalue weighted by Gasteiger charge is 2.19. The standard InChI is InChI=1S/C15H20N4O3/c1-6-10(20)17-12-9(8(2)3)7-16-13-11(12)14(21)19(5)15(22)18(13)4/h7-8H,6H2,1-5H3,(H,16,17,20). The summed E-state index contributed by atoms with van der Waals surface area (Å²) in [6.07, 6.45) is 1.91. The first kappa shape index (κ1) is 15.9. The van der Waals surface area contributed by atoms with Gasteiger partial charge in [-0.2, -0.15) is 0 Å². The first-order chi connectivity index (χ1) is 10.3. The Balaban J connectivity index is 2.98. The van der Waals surface area contributed by atoms with Crippen LogP contribution >= 0.6 is 0 Å². The van der Waals surface area contributed by atoms with Crippen LogP contribution in [0, 0.1) is 0 Å². The van der Waals surface area contributed by atoms with Crippen molar-refractivity contribution in [1.29, 1.82) is 0 Å². The van der Waals surface area contributed by atoms with Crippen LogP contribution in [-0.4, -0.2) is 20.0 Å². The molecule has 118 valence electrons. The molecule has 2 aromatic rings. The maximum atomic E-state index is 12.5. The fraction of sp³-hybridized carbons (Fsp3) is 0.467. The van der Waals surface area contributed by atoms with Crippen molar-refractivity contribution >= 4 is 22.6 Å². The Hall–Kier alpha value is -2.44. The van der Waals surface area contributed by atoms with Crippen LogP contribution in [0.25, 0.3) is 11.0 Å². The summed E-state index contributed by atoms with van der Waals surface area (Å²) in [4.78, 5) is 40.6. The molecule has 0 radical (unpaired) electrons. The van der Waals surface area contributed by atoms with Crippen LogP contribution in [0.4, 0.5) is 5.69 Å². The van der Waals surface area contributed by atoms with Gasteiger partial charge in [0.15, 0.2) is 5.65 Å². The molecule has 2 aromatic heterocycles. The van der Waals surface area contributed by atoms with Gasteiger partial charge in [-0.3, -0.25) is 18.7 Å². The van der Waals surface area contributed by atoms with E-state index in [-0.39, 0.29) is 22.9 Å². The molecule has 0 aliphatic carbocycles. The van der Waals surface area contributed by atoms with Crippen molar-refractivity contribution in [3.8, 4) is 0 Å². The van der Waals surface area contributed by atoms with Gasteiger partial charge in [0.05, 0.1) is 5.69 Å². The van der Waals surface area contributed by atoms with Crippen molar-refractivity contribution in [3.05, 3.63) is 32.6 Å². The number of amides is 1. The summed E-state index contributed by atoms with van der Waals surface area (Å²) in [7, 11) is 2.97. The number of aromatic nitrogens is 3. The van der Waals surface area contributed by atoms with Gasteiger partial charge < -0.3 is 5.32 Å². The smallest absolute Gasteiger partial charge is 0.325 e. The first-order valence-corrected chi connectivity index (χ1v) is 7.18. The van der Waals surface area contributed by atoms with E-state index in [9.17, 15) is 14.4 Å². The van der Waals surface area contributed by atoms with E-state index in [1.807, 2.05) is 13.8 Å². The lowest BCUT2D eigenvalue weighted by molar-refractivity contribution is -0.115. The van der Waals surface area contributed by atoms with Gasteiger partial charge in [0.25, 0.3) is 5.56 Å². The fourth-order valence-corrected chi connectivity index (χ4v) is 2.34. The van der Waals surface area contributed by atoms with E-state index in [1.54, 1.807) is 20.2 Å². The minimum atomic E-state index is -0.459. The maximum Gasteiger partial charge on any atom is 0.332 e. The molecule has 1 N–H and O–H groups in total. The molecular formula is C15H20N4O3. The lowest BCUT2D eigenvalue weighted by atomic mass is 10.0. The van der Waals surface area contributed by atoms with E-state index in [0.717, 1.165) is 10.1 Å². The molecule has 0 aliphatic heterocycles. The molecule has 7 heteroatoms. The highest BCUT2D eigenvalue weighted by molar-refractivity contribution is 6.01. The Morgan fingerprint density at radius 1 is 1.27 bits per heavy atom. The van der Waals surface area contributed by atoms with Gasteiger partial charge >= 0.3 is 5.69 Å². The number of fused-ring (bicyclic) bond motifs is 1. The van der Waals surface area contributed by atoms with Gasteiger partial charge in [-0.25, -0.2) is 9.78 Å². The third-order valence-electron chi connectivity index (χ3n) is 3.71. The van der Waals surface area contributed by atoms with Crippen LogP contribution in [0.2, 0.25) is 0 Å². The highest BCUT2D eigenvalue weighted by Crippen LogP contribution is 2.28. The molecule has 2 heterocycles. The largest absolute Gasteiger partial charge is 0.332 e. The second kappa shape index (κ2) is 5.75. The highest BCUT2D eigenvalue weighted by atomic mass is 16.2. The summed E-state index contributed by atoms with van der Waals surface area (Å²) in [5.74, 6) is -0.115. The molecule has 0 unspecified atom stereocenters. The zero-order valence-electron chi connectivity index (χ0n) is 13.4. The molecule has 0 bridgehead atoms. The predicted octanol–water partition coefficient (Wildman–Crippen LogP) is 1.10. The summed E-state index contributed by atoms with van der Waals surface area (Å²) < 4.78 is 2.33. The Morgan fingerprint density at radius 2 is 1.91 bits per heavy atom. The molecule has 22 heavy (non-hydrogen) atoms. The van der Waals surface area contributed by atoms with Crippen molar-refractivity contribution < 1.29 is 4.79 Å². The number of hydrogen-bond acceptors (Lipinski definition) is 4. The predicted molar refractivity (Wildman–Crippen MR) is 85.2 cm³/mol. The average Bonchev–Trinajstić information content (AvgIpc) is 2.49. The number of carbonyl (C=O) groups excluding carboxylic acids is 1. The van der Waals surface area contributed by atoms with Crippen molar-refractivity contribution in [2.24, 2.45) is 14.1 Å². The molecule has 0 saturated heterocycles. The molecule has 2 rings (SSSR count). The van der Waals surface area contributed by atoms with Crippen molar-refractivity contribution in [3.63, 3.8) is 0 Å². The van der Waals surface area contributed by atoms with Crippen molar-refractivity contribution in [2.75, 3.05) is 5.32 Å². The lowest BCUT2D eigenvalue weighted by Crippen LogP contribution is -2.38. The van der Waals surface area contributed by atoms with E-state index in [1.165, 1.54) is 11.6 Å². The summed E-state index contributed by atoms with van der Waals surface area (Å²) in [6, 6.07) is 0. The Bertz CT molecular complexity index is 862. The molecule has 1 amide bonds. The molecule has 0 aromatic carbocycles. The zero-order chi connectivity index (χ0) is 16.6. The van der Waals surface area contributed by atoms with Crippen LogP contribution in [0.3, 0.4) is 0 Å². The van der Waals surface area contributed by atoms with Crippen LogP contribution in [-0.2, 0) is 18.9 Å². The third kappa shape index (κ3) is 2.43. The number of rotatable bonds is 3. The maximum absolute atomic E-state index is 12.5. The number of anilines is 1. The minimum Gasteiger partial charge on any atom is -0.325 e. The fourth-order valence-electron chi connectivity index (χ4n) is 2.34.